The van der Waals surface area contributed by atoms with E-state index in [1.807, 2.05) is 14.0 Å². The van der Waals surface area contributed by atoms with Gasteiger partial charge < -0.3 is 10.2 Å². The molecule has 0 saturated carbocycles. The Kier molecular flexibility index (Phi) is 5.22. The second-order valence-electron chi connectivity index (χ2n) is 4.16. The zero-order valence-corrected chi connectivity index (χ0v) is 10.9. The van der Waals surface area contributed by atoms with Gasteiger partial charge in [0.05, 0.1) is 5.01 Å². The van der Waals surface area contributed by atoms with Crippen molar-refractivity contribution in [3.63, 3.8) is 0 Å². The Morgan fingerprint density at radius 1 is 1.53 bits per heavy atom. The standard InChI is InChI=1S/C11H21N3S/c1-9-8-15-11(13-9)7-10(12-2)5-6-14(3)4/h8,10,12H,5-7H2,1-4H3. The lowest BCUT2D eigenvalue weighted by atomic mass is 10.1. The lowest BCUT2D eigenvalue weighted by Crippen LogP contribution is -2.31. The molecule has 0 aliphatic heterocycles. The Labute approximate surface area is 96.5 Å². The fourth-order valence-corrected chi connectivity index (χ4v) is 2.32. The van der Waals surface area contributed by atoms with Crippen molar-refractivity contribution in [3.05, 3.63) is 16.1 Å². The molecule has 1 aromatic rings. The Balaban J connectivity index is 2.39. The van der Waals surface area contributed by atoms with Crippen molar-refractivity contribution in [1.29, 1.82) is 0 Å². The molecule has 0 aliphatic rings. The quantitative estimate of drug-likeness (QED) is 0.799. The van der Waals surface area contributed by atoms with Crippen LogP contribution in [0.3, 0.4) is 0 Å². The number of aromatic nitrogens is 1. The van der Waals surface area contributed by atoms with Crippen LogP contribution in [-0.4, -0.2) is 43.6 Å². The number of rotatable bonds is 6. The van der Waals surface area contributed by atoms with Gasteiger partial charge in [-0.1, -0.05) is 0 Å². The van der Waals surface area contributed by atoms with Crippen LogP contribution >= 0.6 is 11.3 Å². The zero-order chi connectivity index (χ0) is 11.3. The maximum atomic E-state index is 4.49. The van der Waals surface area contributed by atoms with Crippen molar-refractivity contribution >= 4 is 11.3 Å². The second-order valence-corrected chi connectivity index (χ2v) is 5.11. The molecule has 3 nitrogen and oxygen atoms in total. The third kappa shape index (κ3) is 4.73. The highest BCUT2D eigenvalue weighted by atomic mass is 32.1. The molecule has 1 unspecified atom stereocenters. The summed E-state index contributed by atoms with van der Waals surface area (Å²) in [7, 11) is 6.25. The Morgan fingerprint density at radius 3 is 2.73 bits per heavy atom. The van der Waals surface area contributed by atoms with Crippen LogP contribution in [0, 0.1) is 6.92 Å². The first-order valence-electron chi connectivity index (χ1n) is 5.35. The van der Waals surface area contributed by atoms with Crippen molar-refractivity contribution in [1.82, 2.24) is 15.2 Å². The number of hydrogen-bond donors (Lipinski definition) is 1. The van der Waals surface area contributed by atoms with Crippen molar-refractivity contribution in [2.45, 2.75) is 25.8 Å². The number of nitrogens with one attached hydrogen (secondary N) is 1. The predicted octanol–water partition coefficient (Wildman–Crippen LogP) is 1.53. The van der Waals surface area contributed by atoms with Crippen LogP contribution < -0.4 is 5.32 Å². The molecule has 0 aromatic carbocycles. The minimum Gasteiger partial charge on any atom is -0.317 e. The summed E-state index contributed by atoms with van der Waals surface area (Å²) in [5.41, 5.74) is 1.14. The van der Waals surface area contributed by atoms with Gasteiger partial charge in [-0.3, -0.25) is 0 Å². The summed E-state index contributed by atoms with van der Waals surface area (Å²) < 4.78 is 0. The summed E-state index contributed by atoms with van der Waals surface area (Å²) in [5.74, 6) is 0. The van der Waals surface area contributed by atoms with Gasteiger partial charge in [-0.25, -0.2) is 4.98 Å². The number of hydrogen-bond acceptors (Lipinski definition) is 4. The van der Waals surface area contributed by atoms with Gasteiger partial charge in [-0.05, 0) is 41.0 Å². The maximum absolute atomic E-state index is 4.49. The van der Waals surface area contributed by atoms with E-state index < -0.39 is 0 Å². The van der Waals surface area contributed by atoms with E-state index in [9.17, 15) is 0 Å². The lowest BCUT2D eigenvalue weighted by molar-refractivity contribution is 0.364. The summed E-state index contributed by atoms with van der Waals surface area (Å²) >= 11 is 1.76. The van der Waals surface area contributed by atoms with Crippen molar-refractivity contribution in [3.8, 4) is 0 Å². The van der Waals surface area contributed by atoms with Gasteiger partial charge in [-0.15, -0.1) is 11.3 Å². The van der Waals surface area contributed by atoms with Gasteiger partial charge in [0.1, 0.15) is 0 Å². The molecule has 1 atom stereocenters. The molecule has 4 heteroatoms. The summed E-state index contributed by atoms with van der Waals surface area (Å²) in [4.78, 5) is 6.71. The van der Waals surface area contributed by atoms with Crippen LogP contribution in [0.1, 0.15) is 17.1 Å². The van der Waals surface area contributed by atoms with E-state index in [1.165, 1.54) is 11.4 Å². The molecule has 0 spiro atoms. The van der Waals surface area contributed by atoms with Gasteiger partial charge in [0.15, 0.2) is 0 Å². The van der Waals surface area contributed by atoms with E-state index in [0.29, 0.717) is 6.04 Å². The van der Waals surface area contributed by atoms with E-state index in [0.717, 1.165) is 18.7 Å². The summed E-state index contributed by atoms with van der Waals surface area (Å²) in [6.07, 6.45) is 2.21. The molecular weight excluding hydrogens is 206 g/mol. The van der Waals surface area contributed by atoms with Crippen LogP contribution in [0.25, 0.3) is 0 Å². The van der Waals surface area contributed by atoms with Crippen LogP contribution in [-0.2, 0) is 6.42 Å². The Morgan fingerprint density at radius 2 is 2.27 bits per heavy atom. The second kappa shape index (κ2) is 6.20. The molecular formula is C11H21N3S. The molecule has 1 rings (SSSR count). The molecule has 0 amide bonds. The van der Waals surface area contributed by atoms with Gasteiger partial charge in [0.2, 0.25) is 0 Å². The first kappa shape index (κ1) is 12.6. The number of nitrogens with zero attached hydrogens (tertiary/aromatic N) is 2. The van der Waals surface area contributed by atoms with E-state index in [4.69, 9.17) is 0 Å². The summed E-state index contributed by atoms with van der Waals surface area (Å²) in [5, 5.41) is 6.72. The molecule has 1 aromatic heterocycles. The van der Waals surface area contributed by atoms with Gasteiger partial charge in [0.25, 0.3) is 0 Å². The number of likely N-dealkylation sites (N-methyl/N-ethyl adjacent to an activating group) is 1. The average Bonchev–Trinajstić information content (AvgIpc) is 2.58. The smallest absolute Gasteiger partial charge is 0.0943 e. The molecule has 0 radical (unpaired) electrons. The number of thiazole rings is 1. The van der Waals surface area contributed by atoms with Crippen LogP contribution in [0.2, 0.25) is 0 Å². The summed E-state index contributed by atoms with van der Waals surface area (Å²) in [6, 6.07) is 0.540. The molecule has 1 heterocycles. The highest BCUT2D eigenvalue weighted by Gasteiger charge is 2.09. The topological polar surface area (TPSA) is 28.2 Å². The fraction of sp³-hybridized carbons (Fsp3) is 0.727. The van der Waals surface area contributed by atoms with E-state index in [1.54, 1.807) is 11.3 Å². The highest BCUT2D eigenvalue weighted by molar-refractivity contribution is 7.09. The van der Waals surface area contributed by atoms with Gasteiger partial charge >= 0.3 is 0 Å². The van der Waals surface area contributed by atoms with Crippen molar-refractivity contribution < 1.29 is 0 Å². The maximum Gasteiger partial charge on any atom is 0.0943 e. The molecule has 86 valence electrons. The van der Waals surface area contributed by atoms with Crippen molar-refractivity contribution in [2.75, 3.05) is 27.7 Å². The normalized spacial score (nSPS) is 13.4. The summed E-state index contributed by atoms with van der Waals surface area (Å²) in [6.45, 7) is 3.17. The lowest BCUT2D eigenvalue weighted by Gasteiger charge is -2.17. The molecule has 0 saturated heterocycles. The van der Waals surface area contributed by atoms with Crippen LogP contribution in [0.5, 0.6) is 0 Å². The predicted molar refractivity (Wildman–Crippen MR) is 66.6 cm³/mol. The van der Waals surface area contributed by atoms with Gasteiger partial charge in [-0.2, -0.15) is 0 Å². The monoisotopic (exact) mass is 227 g/mol. The molecule has 0 aliphatic carbocycles. The first-order chi connectivity index (χ1) is 7.11. The van der Waals surface area contributed by atoms with Crippen LogP contribution in [0.4, 0.5) is 0 Å². The molecule has 1 N–H and O–H groups in total. The average molecular weight is 227 g/mol. The fourth-order valence-electron chi connectivity index (χ4n) is 1.47. The van der Waals surface area contributed by atoms with E-state index in [2.05, 4.69) is 34.7 Å². The zero-order valence-electron chi connectivity index (χ0n) is 10.1. The first-order valence-corrected chi connectivity index (χ1v) is 6.22. The highest BCUT2D eigenvalue weighted by Crippen LogP contribution is 2.12. The van der Waals surface area contributed by atoms with Crippen molar-refractivity contribution in [2.24, 2.45) is 0 Å². The van der Waals surface area contributed by atoms with Crippen LogP contribution in [0.15, 0.2) is 5.38 Å². The molecule has 15 heavy (non-hydrogen) atoms. The SMILES string of the molecule is CNC(CCN(C)C)Cc1nc(C)cs1. The third-order valence-electron chi connectivity index (χ3n) is 2.42. The minimum absolute atomic E-state index is 0.540. The van der Waals surface area contributed by atoms with Gasteiger partial charge in [0, 0.05) is 23.5 Å². The van der Waals surface area contributed by atoms with E-state index >= 15 is 0 Å². The minimum atomic E-state index is 0.540. The van der Waals surface area contributed by atoms with E-state index in [-0.39, 0.29) is 0 Å². The third-order valence-corrected chi connectivity index (χ3v) is 3.41. The largest absolute Gasteiger partial charge is 0.317 e. The Bertz CT molecular complexity index is 283. The number of aryl methyl sites for hydroxylation is 1. The molecule has 0 fully saturated rings. The Hall–Kier alpha value is -0.450. The molecule has 0 bridgehead atoms.